The highest BCUT2D eigenvalue weighted by atomic mass is 32.2. The van der Waals surface area contributed by atoms with Crippen LogP contribution in [0.15, 0.2) is 36.4 Å². The van der Waals surface area contributed by atoms with E-state index in [1.165, 1.54) is 5.56 Å². The summed E-state index contributed by atoms with van der Waals surface area (Å²) in [6, 6.07) is 12.1. The Labute approximate surface area is 120 Å². The van der Waals surface area contributed by atoms with Gasteiger partial charge in [0.25, 0.3) is 0 Å². The summed E-state index contributed by atoms with van der Waals surface area (Å²) in [6.07, 6.45) is 0. The molecule has 0 aliphatic heterocycles. The Balaban J connectivity index is 2.57. The Morgan fingerprint density at radius 1 is 1.20 bits per heavy atom. The highest BCUT2D eigenvalue weighted by Gasteiger charge is 2.12. The van der Waals surface area contributed by atoms with Crippen molar-refractivity contribution in [1.82, 2.24) is 4.90 Å². The number of benzene rings is 2. The van der Waals surface area contributed by atoms with Gasteiger partial charge in [-0.3, -0.25) is 0 Å². The van der Waals surface area contributed by atoms with E-state index in [9.17, 15) is 8.42 Å². The maximum absolute atomic E-state index is 11.2. The summed E-state index contributed by atoms with van der Waals surface area (Å²) in [6.45, 7) is 2.13. The zero-order valence-corrected chi connectivity index (χ0v) is 12.8. The van der Waals surface area contributed by atoms with Crippen molar-refractivity contribution in [2.45, 2.75) is 18.7 Å². The molecule has 20 heavy (non-hydrogen) atoms. The predicted octanol–water partition coefficient (Wildman–Crippen LogP) is 2.25. The molecule has 5 heteroatoms. The molecular weight excluding hydrogens is 272 g/mol. The summed E-state index contributed by atoms with van der Waals surface area (Å²) in [5.74, 6) is -0.131. The van der Waals surface area contributed by atoms with Gasteiger partial charge >= 0.3 is 0 Å². The SMILES string of the molecule is CC(c1cccc2ccc(CS(N)(=O)=O)cc12)N(C)C. The largest absolute Gasteiger partial charge is 0.303 e. The number of primary sulfonamides is 1. The van der Waals surface area contributed by atoms with Crippen molar-refractivity contribution in [3.05, 3.63) is 47.5 Å². The number of hydrogen-bond acceptors (Lipinski definition) is 3. The van der Waals surface area contributed by atoms with E-state index in [-0.39, 0.29) is 11.8 Å². The van der Waals surface area contributed by atoms with Crippen molar-refractivity contribution in [1.29, 1.82) is 0 Å². The molecule has 2 rings (SSSR count). The van der Waals surface area contributed by atoms with Crippen LogP contribution in [0.5, 0.6) is 0 Å². The first-order chi connectivity index (χ1) is 9.28. The Kier molecular flexibility index (Phi) is 4.13. The van der Waals surface area contributed by atoms with E-state index in [1.54, 1.807) is 0 Å². The zero-order valence-electron chi connectivity index (χ0n) is 12.0. The van der Waals surface area contributed by atoms with E-state index < -0.39 is 10.0 Å². The lowest BCUT2D eigenvalue weighted by molar-refractivity contribution is 0.323. The van der Waals surface area contributed by atoms with Crippen molar-refractivity contribution in [2.75, 3.05) is 14.1 Å². The van der Waals surface area contributed by atoms with Crippen LogP contribution in [0.3, 0.4) is 0 Å². The van der Waals surface area contributed by atoms with Gasteiger partial charge in [-0.1, -0.05) is 30.3 Å². The highest BCUT2D eigenvalue weighted by Crippen LogP contribution is 2.28. The van der Waals surface area contributed by atoms with E-state index in [0.717, 1.165) is 16.3 Å². The first-order valence-electron chi connectivity index (χ1n) is 6.46. The highest BCUT2D eigenvalue weighted by molar-refractivity contribution is 7.88. The van der Waals surface area contributed by atoms with Gasteiger partial charge in [-0.05, 0) is 49.0 Å². The maximum atomic E-state index is 11.2. The topological polar surface area (TPSA) is 63.4 Å². The van der Waals surface area contributed by atoms with Crippen LogP contribution in [0.25, 0.3) is 10.8 Å². The van der Waals surface area contributed by atoms with Gasteiger partial charge in [0.2, 0.25) is 10.0 Å². The standard InChI is InChI=1S/C15H20N2O2S/c1-11(17(2)3)14-6-4-5-13-8-7-12(9-15(13)14)10-20(16,18)19/h4-9,11H,10H2,1-3H3,(H2,16,18,19). The van der Waals surface area contributed by atoms with Gasteiger partial charge < -0.3 is 4.90 Å². The van der Waals surface area contributed by atoms with Gasteiger partial charge in [0.05, 0.1) is 5.75 Å². The molecule has 4 nitrogen and oxygen atoms in total. The molecule has 0 aliphatic rings. The molecule has 1 atom stereocenters. The molecule has 0 bridgehead atoms. The Bertz CT molecular complexity index is 724. The minimum Gasteiger partial charge on any atom is -0.303 e. The fourth-order valence-corrected chi connectivity index (χ4v) is 2.95. The fourth-order valence-electron chi connectivity index (χ4n) is 2.31. The van der Waals surface area contributed by atoms with Crippen LogP contribution in [0.1, 0.15) is 24.1 Å². The number of sulfonamides is 1. The average molecular weight is 292 g/mol. The van der Waals surface area contributed by atoms with Crippen LogP contribution in [0.2, 0.25) is 0 Å². The Morgan fingerprint density at radius 2 is 1.90 bits per heavy atom. The first kappa shape index (κ1) is 15.0. The molecule has 0 aliphatic carbocycles. The van der Waals surface area contributed by atoms with Crippen molar-refractivity contribution in [2.24, 2.45) is 5.14 Å². The van der Waals surface area contributed by atoms with Crippen molar-refractivity contribution < 1.29 is 8.42 Å². The van der Waals surface area contributed by atoms with Crippen molar-refractivity contribution in [3.63, 3.8) is 0 Å². The third-order valence-electron chi connectivity index (χ3n) is 3.57. The van der Waals surface area contributed by atoms with Crippen LogP contribution >= 0.6 is 0 Å². The van der Waals surface area contributed by atoms with Crippen molar-refractivity contribution in [3.8, 4) is 0 Å². The molecule has 0 saturated heterocycles. The van der Waals surface area contributed by atoms with E-state index in [0.29, 0.717) is 0 Å². The third-order valence-corrected chi connectivity index (χ3v) is 4.31. The van der Waals surface area contributed by atoms with E-state index >= 15 is 0 Å². The van der Waals surface area contributed by atoms with E-state index in [1.807, 2.05) is 44.4 Å². The molecule has 0 spiro atoms. The molecule has 108 valence electrons. The minimum absolute atomic E-state index is 0.131. The zero-order chi connectivity index (χ0) is 14.9. The van der Waals surface area contributed by atoms with Crippen LogP contribution in [-0.2, 0) is 15.8 Å². The van der Waals surface area contributed by atoms with Crippen LogP contribution in [-0.4, -0.2) is 27.4 Å². The monoisotopic (exact) mass is 292 g/mol. The molecular formula is C15H20N2O2S. The molecule has 2 aromatic rings. The number of fused-ring (bicyclic) bond motifs is 1. The van der Waals surface area contributed by atoms with E-state index in [2.05, 4.69) is 17.9 Å². The summed E-state index contributed by atoms with van der Waals surface area (Å²) in [5.41, 5.74) is 1.90. The molecule has 0 heterocycles. The summed E-state index contributed by atoms with van der Waals surface area (Å²) in [5, 5.41) is 7.31. The van der Waals surface area contributed by atoms with Crippen LogP contribution < -0.4 is 5.14 Å². The Hall–Kier alpha value is -1.43. The molecule has 0 radical (unpaired) electrons. The average Bonchev–Trinajstić information content (AvgIpc) is 2.35. The number of hydrogen-bond donors (Lipinski definition) is 1. The summed E-state index contributed by atoms with van der Waals surface area (Å²) < 4.78 is 22.5. The predicted molar refractivity (Wildman–Crippen MR) is 82.9 cm³/mol. The summed E-state index contributed by atoms with van der Waals surface area (Å²) in [4.78, 5) is 2.13. The molecule has 0 fully saturated rings. The number of rotatable bonds is 4. The van der Waals surface area contributed by atoms with Gasteiger partial charge in [0.1, 0.15) is 0 Å². The van der Waals surface area contributed by atoms with Gasteiger partial charge in [-0.2, -0.15) is 0 Å². The van der Waals surface area contributed by atoms with Gasteiger partial charge in [-0.25, -0.2) is 13.6 Å². The lowest BCUT2D eigenvalue weighted by atomic mass is 9.97. The maximum Gasteiger partial charge on any atom is 0.213 e. The van der Waals surface area contributed by atoms with E-state index in [4.69, 9.17) is 5.14 Å². The molecule has 1 unspecified atom stereocenters. The quantitative estimate of drug-likeness (QED) is 0.940. The lowest BCUT2D eigenvalue weighted by Crippen LogP contribution is -2.17. The Morgan fingerprint density at radius 3 is 2.50 bits per heavy atom. The van der Waals surface area contributed by atoms with Crippen molar-refractivity contribution >= 4 is 20.8 Å². The lowest BCUT2D eigenvalue weighted by Gasteiger charge is -2.22. The van der Waals surface area contributed by atoms with Gasteiger partial charge in [0.15, 0.2) is 0 Å². The fraction of sp³-hybridized carbons (Fsp3) is 0.333. The number of nitrogens with zero attached hydrogens (tertiary/aromatic N) is 1. The molecule has 2 N–H and O–H groups in total. The van der Waals surface area contributed by atoms with Crippen LogP contribution in [0.4, 0.5) is 0 Å². The smallest absolute Gasteiger partial charge is 0.213 e. The molecule has 0 saturated carbocycles. The molecule has 2 aromatic carbocycles. The first-order valence-corrected chi connectivity index (χ1v) is 8.18. The second-order valence-corrected chi connectivity index (χ2v) is 6.96. The van der Waals surface area contributed by atoms with Crippen LogP contribution in [0, 0.1) is 0 Å². The molecule has 0 amide bonds. The number of nitrogens with two attached hydrogens (primary N) is 1. The van der Waals surface area contributed by atoms with Gasteiger partial charge in [-0.15, -0.1) is 0 Å². The minimum atomic E-state index is -3.51. The second kappa shape index (κ2) is 5.52. The normalized spacial score (nSPS) is 13.8. The summed E-state index contributed by atoms with van der Waals surface area (Å²) in [7, 11) is 0.545. The third kappa shape index (κ3) is 3.36. The summed E-state index contributed by atoms with van der Waals surface area (Å²) >= 11 is 0. The molecule has 0 aromatic heterocycles. The van der Waals surface area contributed by atoms with Gasteiger partial charge in [0, 0.05) is 6.04 Å². The second-order valence-electron chi connectivity index (χ2n) is 5.35.